The summed E-state index contributed by atoms with van der Waals surface area (Å²) in [6, 6.07) is 8.87. The topological polar surface area (TPSA) is 58.6 Å². The zero-order valence-corrected chi connectivity index (χ0v) is 15.1. The molecule has 1 heterocycles. The quantitative estimate of drug-likeness (QED) is 0.774. The molecule has 1 aromatic carbocycles. The van der Waals surface area contributed by atoms with Crippen molar-refractivity contribution in [3.05, 3.63) is 30.3 Å². The van der Waals surface area contributed by atoms with Gasteiger partial charge in [0.25, 0.3) is 0 Å². The second kappa shape index (κ2) is 7.75. The van der Waals surface area contributed by atoms with Gasteiger partial charge in [-0.25, -0.2) is 8.42 Å². The van der Waals surface area contributed by atoms with Gasteiger partial charge in [-0.2, -0.15) is 4.31 Å². The number of ether oxygens (including phenoxy) is 1. The average Bonchev–Trinajstić information content (AvgIpc) is 2.96. The Hall–Kier alpha value is -0.950. The van der Waals surface area contributed by atoms with E-state index in [0.717, 1.165) is 26.0 Å². The van der Waals surface area contributed by atoms with Crippen molar-refractivity contribution in [1.29, 1.82) is 0 Å². The van der Waals surface area contributed by atoms with Crippen molar-refractivity contribution < 1.29 is 13.2 Å². The van der Waals surface area contributed by atoms with E-state index < -0.39 is 10.0 Å². The van der Waals surface area contributed by atoms with E-state index in [1.807, 2.05) is 26.8 Å². The predicted molar refractivity (Wildman–Crippen MR) is 91.9 cm³/mol. The van der Waals surface area contributed by atoms with Gasteiger partial charge in [0.15, 0.2) is 0 Å². The van der Waals surface area contributed by atoms with E-state index in [1.54, 1.807) is 28.6 Å². The molecule has 1 N–H and O–H groups in total. The maximum Gasteiger partial charge on any atom is 0.243 e. The molecule has 1 aliphatic rings. The minimum absolute atomic E-state index is 0.103. The zero-order valence-electron chi connectivity index (χ0n) is 14.3. The van der Waals surface area contributed by atoms with Gasteiger partial charge >= 0.3 is 0 Å². The lowest BCUT2D eigenvalue weighted by Gasteiger charge is -2.20. The molecule has 2 rings (SSSR count). The van der Waals surface area contributed by atoms with Gasteiger partial charge in [0.05, 0.1) is 10.5 Å². The molecule has 0 bridgehead atoms. The number of hydrogen-bond donors (Lipinski definition) is 1. The molecular weight excluding hydrogens is 312 g/mol. The Bertz CT molecular complexity index is 582. The second-order valence-corrected chi connectivity index (χ2v) is 8.87. The lowest BCUT2D eigenvalue weighted by Crippen LogP contribution is -2.36. The van der Waals surface area contributed by atoms with Crippen LogP contribution in [0, 0.1) is 0 Å². The number of hydrogen-bond acceptors (Lipinski definition) is 4. The van der Waals surface area contributed by atoms with Crippen molar-refractivity contribution in [3.63, 3.8) is 0 Å². The summed E-state index contributed by atoms with van der Waals surface area (Å²) in [5.41, 5.74) is -0.103. The van der Waals surface area contributed by atoms with Gasteiger partial charge in [-0.15, -0.1) is 0 Å². The van der Waals surface area contributed by atoms with Crippen molar-refractivity contribution in [2.24, 2.45) is 0 Å². The fourth-order valence-electron chi connectivity index (χ4n) is 2.61. The predicted octanol–water partition coefficient (Wildman–Crippen LogP) is 2.24. The Morgan fingerprint density at radius 2 is 1.96 bits per heavy atom. The van der Waals surface area contributed by atoms with E-state index in [9.17, 15) is 8.42 Å². The van der Waals surface area contributed by atoms with Gasteiger partial charge in [-0.05, 0) is 52.3 Å². The first-order valence-corrected chi connectivity index (χ1v) is 9.65. The van der Waals surface area contributed by atoms with Crippen LogP contribution in [0.15, 0.2) is 35.2 Å². The van der Waals surface area contributed by atoms with Crippen LogP contribution in [0.3, 0.4) is 0 Å². The van der Waals surface area contributed by atoms with Crippen LogP contribution in [0.25, 0.3) is 0 Å². The Labute approximate surface area is 140 Å². The molecule has 6 heteroatoms. The van der Waals surface area contributed by atoms with Gasteiger partial charge in [-0.1, -0.05) is 18.2 Å². The van der Waals surface area contributed by atoms with Crippen LogP contribution in [0.4, 0.5) is 0 Å². The zero-order chi connectivity index (χ0) is 16.9. The maximum absolute atomic E-state index is 12.5. The molecule has 1 unspecified atom stereocenters. The first-order valence-electron chi connectivity index (χ1n) is 8.21. The van der Waals surface area contributed by atoms with Gasteiger partial charge in [0, 0.05) is 25.7 Å². The smallest absolute Gasteiger partial charge is 0.243 e. The van der Waals surface area contributed by atoms with Gasteiger partial charge in [0.2, 0.25) is 10.0 Å². The van der Waals surface area contributed by atoms with Gasteiger partial charge in [-0.3, -0.25) is 0 Å². The van der Waals surface area contributed by atoms with E-state index in [0.29, 0.717) is 18.0 Å². The maximum atomic E-state index is 12.5. The van der Waals surface area contributed by atoms with Gasteiger partial charge in [0.1, 0.15) is 0 Å². The van der Waals surface area contributed by atoms with Crippen LogP contribution < -0.4 is 5.32 Å². The molecule has 1 saturated heterocycles. The summed E-state index contributed by atoms with van der Waals surface area (Å²) >= 11 is 0. The third kappa shape index (κ3) is 5.57. The van der Waals surface area contributed by atoms with Crippen LogP contribution in [0.2, 0.25) is 0 Å². The lowest BCUT2D eigenvalue weighted by molar-refractivity contribution is -0.00393. The molecule has 5 nitrogen and oxygen atoms in total. The normalized spacial score (nSPS) is 20.0. The molecular formula is C17H28N2O3S. The van der Waals surface area contributed by atoms with Crippen molar-refractivity contribution in [2.75, 3.05) is 26.2 Å². The van der Waals surface area contributed by atoms with E-state index in [-0.39, 0.29) is 11.6 Å². The Kier molecular flexibility index (Phi) is 6.19. The van der Waals surface area contributed by atoms with Gasteiger partial charge < -0.3 is 10.1 Å². The highest BCUT2D eigenvalue weighted by Gasteiger charge is 2.31. The van der Waals surface area contributed by atoms with E-state index >= 15 is 0 Å². The number of nitrogens with one attached hydrogen (secondary N) is 1. The van der Waals surface area contributed by atoms with Crippen LogP contribution in [-0.2, 0) is 14.8 Å². The SMILES string of the molecule is CC(C)(C)OCCCNC1CCN(S(=O)(=O)c2ccccc2)C1. The Morgan fingerprint density at radius 1 is 1.26 bits per heavy atom. The first kappa shape index (κ1) is 18.4. The average molecular weight is 340 g/mol. The van der Waals surface area contributed by atoms with Crippen LogP contribution in [0.1, 0.15) is 33.6 Å². The molecule has 1 atom stereocenters. The van der Waals surface area contributed by atoms with E-state index in [4.69, 9.17) is 4.74 Å². The molecule has 0 spiro atoms. The molecule has 0 amide bonds. The fourth-order valence-corrected chi connectivity index (χ4v) is 4.13. The van der Waals surface area contributed by atoms with Crippen molar-refractivity contribution in [3.8, 4) is 0 Å². The summed E-state index contributed by atoms with van der Waals surface area (Å²) in [5.74, 6) is 0. The number of nitrogens with zero attached hydrogens (tertiary/aromatic N) is 1. The molecule has 130 valence electrons. The molecule has 1 aliphatic heterocycles. The number of rotatable bonds is 7. The molecule has 0 saturated carbocycles. The molecule has 23 heavy (non-hydrogen) atoms. The minimum atomic E-state index is -3.36. The lowest BCUT2D eigenvalue weighted by atomic mass is 10.2. The Morgan fingerprint density at radius 3 is 2.61 bits per heavy atom. The number of sulfonamides is 1. The highest BCUT2D eigenvalue weighted by Crippen LogP contribution is 2.20. The standard InChI is InChI=1S/C17H28N2O3S/c1-17(2,3)22-13-7-11-18-15-10-12-19(14-15)23(20,21)16-8-5-4-6-9-16/h4-6,8-9,15,18H,7,10-14H2,1-3H3. The highest BCUT2D eigenvalue weighted by atomic mass is 32.2. The summed E-state index contributed by atoms with van der Waals surface area (Å²) < 4.78 is 32.3. The Balaban J connectivity index is 1.76. The largest absolute Gasteiger partial charge is 0.376 e. The minimum Gasteiger partial charge on any atom is -0.376 e. The summed E-state index contributed by atoms with van der Waals surface area (Å²) in [4.78, 5) is 0.374. The summed E-state index contributed by atoms with van der Waals surface area (Å²) in [5, 5.41) is 3.44. The van der Waals surface area contributed by atoms with E-state index in [2.05, 4.69) is 5.32 Å². The van der Waals surface area contributed by atoms with Crippen LogP contribution in [0.5, 0.6) is 0 Å². The second-order valence-electron chi connectivity index (χ2n) is 6.93. The summed E-state index contributed by atoms with van der Waals surface area (Å²) in [6.45, 7) is 8.82. The third-order valence-electron chi connectivity index (χ3n) is 3.82. The third-order valence-corrected chi connectivity index (χ3v) is 5.70. The van der Waals surface area contributed by atoms with Crippen molar-refractivity contribution in [1.82, 2.24) is 9.62 Å². The van der Waals surface area contributed by atoms with Crippen molar-refractivity contribution in [2.45, 2.75) is 50.2 Å². The van der Waals surface area contributed by atoms with Crippen LogP contribution in [-0.4, -0.2) is 50.6 Å². The van der Waals surface area contributed by atoms with E-state index in [1.165, 1.54) is 0 Å². The molecule has 0 aliphatic carbocycles. The molecule has 0 radical (unpaired) electrons. The molecule has 0 aromatic heterocycles. The first-order chi connectivity index (χ1) is 10.8. The van der Waals surface area contributed by atoms with Crippen molar-refractivity contribution >= 4 is 10.0 Å². The highest BCUT2D eigenvalue weighted by molar-refractivity contribution is 7.89. The fraction of sp³-hybridized carbons (Fsp3) is 0.647. The summed E-state index contributed by atoms with van der Waals surface area (Å²) in [6.07, 6.45) is 1.78. The molecule has 1 fully saturated rings. The molecule has 1 aromatic rings. The van der Waals surface area contributed by atoms with Crippen LogP contribution >= 0.6 is 0 Å². The monoisotopic (exact) mass is 340 g/mol. The summed E-state index contributed by atoms with van der Waals surface area (Å²) in [7, 11) is -3.36. The number of benzene rings is 1.